The topological polar surface area (TPSA) is 41.5 Å². The van der Waals surface area contributed by atoms with Gasteiger partial charge in [0, 0.05) is 11.7 Å². The summed E-state index contributed by atoms with van der Waals surface area (Å²) >= 11 is 0. The van der Waals surface area contributed by atoms with Gasteiger partial charge in [0.1, 0.15) is 11.5 Å². The van der Waals surface area contributed by atoms with Crippen LogP contribution in [0.15, 0.2) is 48.5 Å². The lowest BCUT2D eigenvalue weighted by molar-refractivity contribution is 0.317. The molecular formula is C17H21NO2. The van der Waals surface area contributed by atoms with Crippen LogP contribution >= 0.6 is 0 Å². The number of nitrogens with one attached hydrogen (secondary N) is 1. The van der Waals surface area contributed by atoms with Crippen LogP contribution in [-0.4, -0.2) is 11.7 Å². The van der Waals surface area contributed by atoms with E-state index in [9.17, 15) is 5.11 Å². The zero-order valence-corrected chi connectivity index (χ0v) is 12.0. The normalized spacial score (nSPS) is 11.9. The standard InChI is InChI=1S/C17H21NO2/c1-3-12-20-17-10-6-15(7-11-17)18-13(2)14-4-8-16(19)9-5-14/h4-11,13,18-19H,3,12H2,1-2H3. The van der Waals surface area contributed by atoms with E-state index in [1.54, 1.807) is 12.1 Å². The average Bonchev–Trinajstić information content (AvgIpc) is 2.47. The van der Waals surface area contributed by atoms with Crippen LogP contribution < -0.4 is 10.1 Å². The first-order valence-corrected chi connectivity index (χ1v) is 6.97. The smallest absolute Gasteiger partial charge is 0.119 e. The van der Waals surface area contributed by atoms with Crippen LogP contribution in [0.3, 0.4) is 0 Å². The van der Waals surface area contributed by atoms with Crippen molar-refractivity contribution in [2.75, 3.05) is 11.9 Å². The summed E-state index contributed by atoms with van der Waals surface area (Å²) in [6, 6.07) is 15.4. The van der Waals surface area contributed by atoms with Crippen molar-refractivity contribution in [2.24, 2.45) is 0 Å². The summed E-state index contributed by atoms with van der Waals surface area (Å²) in [6.45, 7) is 4.93. The maximum atomic E-state index is 9.30. The van der Waals surface area contributed by atoms with E-state index in [-0.39, 0.29) is 6.04 Å². The van der Waals surface area contributed by atoms with Gasteiger partial charge in [-0.2, -0.15) is 0 Å². The van der Waals surface area contributed by atoms with Crippen molar-refractivity contribution in [3.8, 4) is 11.5 Å². The molecule has 0 fully saturated rings. The fourth-order valence-electron chi connectivity index (χ4n) is 1.96. The van der Waals surface area contributed by atoms with Gasteiger partial charge in [-0.05, 0) is 55.3 Å². The summed E-state index contributed by atoms with van der Waals surface area (Å²) in [5.74, 6) is 1.19. The first-order valence-electron chi connectivity index (χ1n) is 6.97. The molecule has 0 spiro atoms. The number of hydrogen-bond donors (Lipinski definition) is 2. The largest absolute Gasteiger partial charge is 0.508 e. The van der Waals surface area contributed by atoms with Gasteiger partial charge in [-0.3, -0.25) is 0 Å². The zero-order valence-electron chi connectivity index (χ0n) is 12.0. The van der Waals surface area contributed by atoms with Gasteiger partial charge in [0.15, 0.2) is 0 Å². The highest BCUT2D eigenvalue weighted by Crippen LogP contribution is 2.23. The van der Waals surface area contributed by atoms with Crippen molar-refractivity contribution < 1.29 is 9.84 Å². The van der Waals surface area contributed by atoms with Gasteiger partial charge in [-0.25, -0.2) is 0 Å². The van der Waals surface area contributed by atoms with Gasteiger partial charge in [0.25, 0.3) is 0 Å². The summed E-state index contributed by atoms with van der Waals surface area (Å²) in [5, 5.41) is 12.7. The molecule has 0 heterocycles. The average molecular weight is 271 g/mol. The minimum atomic E-state index is 0.179. The Kier molecular flexibility index (Phi) is 4.88. The molecule has 3 heteroatoms. The predicted octanol–water partition coefficient (Wildman–Crippen LogP) is 4.35. The lowest BCUT2D eigenvalue weighted by Gasteiger charge is -2.16. The lowest BCUT2D eigenvalue weighted by atomic mass is 10.1. The van der Waals surface area contributed by atoms with E-state index in [2.05, 4.69) is 19.2 Å². The molecule has 0 amide bonds. The second-order valence-electron chi connectivity index (χ2n) is 4.83. The zero-order chi connectivity index (χ0) is 14.4. The number of phenols is 1. The number of aromatic hydroxyl groups is 1. The number of phenolic OH excluding ortho intramolecular Hbond substituents is 1. The number of hydrogen-bond acceptors (Lipinski definition) is 3. The van der Waals surface area contributed by atoms with Crippen molar-refractivity contribution in [3.63, 3.8) is 0 Å². The number of anilines is 1. The Morgan fingerprint density at radius 1 is 1.05 bits per heavy atom. The number of benzene rings is 2. The van der Waals surface area contributed by atoms with Crippen LogP contribution in [0.5, 0.6) is 11.5 Å². The van der Waals surface area contributed by atoms with Crippen LogP contribution in [0, 0.1) is 0 Å². The fraction of sp³-hybridized carbons (Fsp3) is 0.294. The number of ether oxygens (including phenoxy) is 1. The Bertz CT molecular complexity index is 520. The molecule has 0 saturated carbocycles. The molecule has 2 N–H and O–H groups in total. The summed E-state index contributed by atoms with van der Waals surface area (Å²) in [4.78, 5) is 0. The highest BCUT2D eigenvalue weighted by atomic mass is 16.5. The quantitative estimate of drug-likeness (QED) is 0.820. The van der Waals surface area contributed by atoms with Crippen LogP contribution in [0.4, 0.5) is 5.69 Å². The second kappa shape index (κ2) is 6.85. The molecule has 1 unspecified atom stereocenters. The SMILES string of the molecule is CCCOc1ccc(NC(C)c2ccc(O)cc2)cc1. The van der Waals surface area contributed by atoms with Crippen molar-refractivity contribution in [3.05, 3.63) is 54.1 Å². The molecule has 0 aliphatic heterocycles. The first-order chi connectivity index (χ1) is 9.69. The summed E-state index contributed by atoms with van der Waals surface area (Å²) < 4.78 is 5.56. The third-order valence-electron chi connectivity index (χ3n) is 3.10. The molecule has 2 aromatic carbocycles. The molecule has 0 aromatic heterocycles. The van der Waals surface area contributed by atoms with E-state index in [0.717, 1.165) is 30.0 Å². The maximum absolute atomic E-state index is 9.30. The molecule has 0 radical (unpaired) electrons. The van der Waals surface area contributed by atoms with E-state index in [1.807, 2.05) is 36.4 Å². The van der Waals surface area contributed by atoms with Gasteiger partial charge in [0.05, 0.1) is 6.61 Å². The maximum Gasteiger partial charge on any atom is 0.119 e. The van der Waals surface area contributed by atoms with Gasteiger partial charge in [-0.1, -0.05) is 19.1 Å². The molecule has 2 rings (SSSR count). The fourth-order valence-corrected chi connectivity index (χ4v) is 1.96. The Hall–Kier alpha value is -2.16. The van der Waals surface area contributed by atoms with Crippen LogP contribution in [0.2, 0.25) is 0 Å². The summed E-state index contributed by atoms with van der Waals surface area (Å²) in [7, 11) is 0. The van der Waals surface area contributed by atoms with E-state index in [0.29, 0.717) is 5.75 Å². The Morgan fingerprint density at radius 2 is 1.70 bits per heavy atom. The predicted molar refractivity (Wildman–Crippen MR) is 82.4 cm³/mol. The Balaban J connectivity index is 1.97. The molecule has 0 bridgehead atoms. The minimum absolute atomic E-state index is 0.179. The van der Waals surface area contributed by atoms with Gasteiger partial charge in [-0.15, -0.1) is 0 Å². The van der Waals surface area contributed by atoms with E-state index < -0.39 is 0 Å². The molecule has 0 saturated heterocycles. The molecule has 0 aliphatic rings. The van der Waals surface area contributed by atoms with Crippen LogP contribution in [0.1, 0.15) is 31.9 Å². The monoisotopic (exact) mass is 271 g/mol. The third kappa shape index (κ3) is 3.92. The molecule has 2 aromatic rings. The highest BCUT2D eigenvalue weighted by molar-refractivity contribution is 5.48. The van der Waals surface area contributed by atoms with E-state index in [4.69, 9.17) is 4.74 Å². The third-order valence-corrected chi connectivity index (χ3v) is 3.10. The van der Waals surface area contributed by atoms with Crippen molar-refractivity contribution in [1.29, 1.82) is 0 Å². The van der Waals surface area contributed by atoms with Crippen LogP contribution in [0.25, 0.3) is 0 Å². The van der Waals surface area contributed by atoms with Crippen molar-refractivity contribution in [1.82, 2.24) is 0 Å². The van der Waals surface area contributed by atoms with Crippen molar-refractivity contribution >= 4 is 5.69 Å². The Labute approximate surface area is 120 Å². The van der Waals surface area contributed by atoms with Crippen molar-refractivity contribution in [2.45, 2.75) is 26.3 Å². The Morgan fingerprint density at radius 3 is 2.30 bits per heavy atom. The summed E-state index contributed by atoms with van der Waals surface area (Å²) in [6.07, 6.45) is 1.01. The second-order valence-corrected chi connectivity index (χ2v) is 4.83. The molecule has 0 aliphatic carbocycles. The molecule has 106 valence electrons. The van der Waals surface area contributed by atoms with Gasteiger partial charge >= 0.3 is 0 Å². The van der Waals surface area contributed by atoms with Crippen LogP contribution in [-0.2, 0) is 0 Å². The minimum Gasteiger partial charge on any atom is -0.508 e. The highest BCUT2D eigenvalue weighted by Gasteiger charge is 2.05. The molecule has 3 nitrogen and oxygen atoms in total. The lowest BCUT2D eigenvalue weighted by Crippen LogP contribution is -2.06. The van der Waals surface area contributed by atoms with E-state index >= 15 is 0 Å². The number of rotatable bonds is 6. The van der Waals surface area contributed by atoms with Gasteiger partial charge < -0.3 is 15.2 Å². The summed E-state index contributed by atoms with van der Waals surface area (Å²) in [5.41, 5.74) is 2.18. The van der Waals surface area contributed by atoms with E-state index in [1.165, 1.54) is 0 Å². The van der Waals surface area contributed by atoms with Gasteiger partial charge in [0.2, 0.25) is 0 Å². The molecule has 1 atom stereocenters. The first kappa shape index (κ1) is 14.3. The molecular weight excluding hydrogens is 250 g/mol. The molecule has 20 heavy (non-hydrogen) atoms.